The first kappa shape index (κ1) is 11.7. The minimum Gasteiger partial charge on any atom is -0.486 e. The first-order valence-electron chi connectivity index (χ1n) is 4.86. The Balaban J connectivity index is 2.78. The van der Waals surface area contributed by atoms with E-state index in [0.29, 0.717) is 5.56 Å². The van der Waals surface area contributed by atoms with Crippen molar-refractivity contribution in [2.75, 3.05) is 6.61 Å². The quantitative estimate of drug-likeness (QED) is 0.757. The highest BCUT2D eigenvalue weighted by Gasteiger charge is 2.08. The molecule has 0 radical (unpaired) electrons. The molecule has 0 bridgehead atoms. The van der Waals surface area contributed by atoms with Gasteiger partial charge in [0.1, 0.15) is 6.61 Å². The van der Waals surface area contributed by atoms with Gasteiger partial charge in [0, 0.05) is 5.56 Å². The van der Waals surface area contributed by atoms with Crippen molar-refractivity contribution in [1.82, 2.24) is 0 Å². The van der Waals surface area contributed by atoms with Gasteiger partial charge >= 0.3 is 0 Å². The Morgan fingerprint density at radius 2 is 2.27 bits per heavy atom. The standard InChI is InChI=1S/C12H15FO2/c1-3-9(2)8-15-12-10(7-14)5-4-6-11(12)13/h4-6,14H,2-3,7-8H2,1H3. The van der Waals surface area contributed by atoms with E-state index in [-0.39, 0.29) is 19.0 Å². The van der Waals surface area contributed by atoms with Crippen molar-refractivity contribution < 1.29 is 14.2 Å². The zero-order valence-electron chi connectivity index (χ0n) is 8.79. The molecule has 0 amide bonds. The van der Waals surface area contributed by atoms with Gasteiger partial charge in [-0.25, -0.2) is 4.39 Å². The summed E-state index contributed by atoms with van der Waals surface area (Å²) in [5.41, 5.74) is 1.35. The van der Waals surface area contributed by atoms with Gasteiger partial charge in [0.25, 0.3) is 0 Å². The molecule has 0 atom stereocenters. The van der Waals surface area contributed by atoms with Crippen molar-refractivity contribution in [1.29, 1.82) is 0 Å². The number of hydrogen-bond acceptors (Lipinski definition) is 2. The molecule has 0 spiro atoms. The van der Waals surface area contributed by atoms with E-state index in [9.17, 15) is 4.39 Å². The predicted molar refractivity (Wildman–Crippen MR) is 57.2 cm³/mol. The van der Waals surface area contributed by atoms with Crippen molar-refractivity contribution in [2.45, 2.75) is 20.0 Å². The topological polar surface area (TPSA) is 29.5 Å². The van der Waals surface area contributed by atoms with Crippen LogP contribution in [0.1, 0.15) is 18.9 Å². The summed E-state index contributed by atoms with van der Waals surface area (Å²) in [6.07, 6.45) is 0.795. The molecular formula is C12H15FO2. The smallest absolute Gasteiger partial charge is 0.165 e. The lowest BCUT2D eigenvalue weighted by Gasteiger charge is -2.11. The zero-order valence-corrected chi connectivity index (χ0v) is 8.79. The van der Waals surface area contributed by atoms with Crippen molar-refractivity contribution in [3.8, 4) is 5.75 Å². The Kier molecular flexibility index (Phi) is 4.31. The fraction of sp³-hybridized carbons (Fsp3) is 0.333. The fourth-order valence-electron chi connectivity index (χ4n) is 1.12. The molecule has 0 aromatic heterocycles. The van der Waals surface area contributed by atoms with Crippen molar-refractivity contribution in [2.24, 2.45) is 0 Å². The molecular weight excluding hydrogens is 195 g/mol. The largest absolute Gasteiger partial charge is 0.486 e. The second kappa shape index (κ2) is 5.51. The van der Waals surface area contributed by atoms with E-state index in [4.69, 9.17) is 9.84 Å². The number of aliphatic hydroxyl groups excluding tert-OH is 1. The highest BCUT2D eigenvalue weighted by molar-refractivity contribution is 5.34. The third-order valence-corrected chi connectivity index (χ3v) is 2.14. The van der Waals surface area contributed by atoms with Crippen LogP contribution in [-0.2, 0) is 6.61 Å². The van der Waals surface area contributed by atoms with Crippen molar-refractivity contribution in [3.05, 3.63) is 41.7 Å². The number of para-hydroxylation sites is 1. The first-order chi connectivity index (χ1) is 7.19. The second-order valence-electron chi connectivity index (χ2n) is 3.28. The maximum absolute atomic E-state index is 13.3. The summed E-state index contributed by atoms with van der Waals surface area (Å²) in [4.78, 5) is 0. The van der Waals surface area contributed by atoms with Crippen molar-refractivity contribution in [3.63, 3.8) is 0 Å². The normalized spacial score (nSPS) is 10.1. The third kappa shape index (κ3) is 3.06. The number of rotatable bonds is 5. The van der Waals surface area contributed by atoms with Crippen LogP contribution in [0, 0.1) is 5.82 Å². The molecule has 0 aliphatic rings. The van der Waals surface area contributed by atoms with Crippen LogP contribution in [0.25, 0.3) is 0 Å². The maximum atomic E-state index is 13.3. The monoisotopic (exact) mass is 210 g/mol. The molecule has 1 aromatic rings. The van der Waals surface area contributed by atoms with Gasteiger partial charge in [0.2, 0.25) is 0 Å². The van der Waals surface area contributed by atoms with Gasteiger partial charge in [0.05, 0.1) is 6.61 Å². The van der Waals surface area contributed by atoms with E-state index in [2.05, 4.69) is 6.58 Å². The average Bonchev–Trinajstić information content (AvgIpc) is 2.26. The summed E-state index contributed by atoms with van der Waals surface area (Å²) < 4.78 is 18.6. The van der Waals surface area contributed by atoms with Crippen LogP contribution in [0.3, 0.4) is 0 Å². The highest BCUT2D eigenvalue weighted by atomic mass is 19.1. The summed E-state index contributed by atoms with van der Waals surface area (Å²) in [6, 6.07) is 4.48. The van der Waals surface area contributed by atoms with Crippen LogP contribution in [0.15, 0.2) is 30.4 Å². The van der Waals surface area contributed by atoms with Gasteiger partial charge in [-0.05, 0) is 18.1 Å². The lowest BCUT2D eigenvalue weighted by molar-refractivity contribution is 0.263. The SMILES string of the molecule is C=C(CC)COc1c(F)cccc1CO. The molecule has 0 saturated heterocycles. The Bertz CT molecular complexity index is 347. The summed E-state index contributed by atoms with van der Waals surface area (Å²) >= 11 is 0. The van der Waals surface area contributed by atoms with Gasteiger partial charge in [-0.3, -0.25) is 0 Å². The molecule has 1 aromatic carbocycles. The van der Waals surface area contributed by atoms with E-state index >= 15 is 0 Å². The van der Waals surface area contributed by atoms with E-state index in [1.54, 1.807) is 12.1 Å². The molecule has 0 unspecified atom stereocenters. The number of ether oxygens (including phenoxy) is 1. The van der Waals surface area contributed by atoms with Crippen LogP contribution in [-0.4, -0.2) is 11.7 Å². The summed E-state index contributed by atoms with van der Waals surface area (Å²) in [7, 11) is 0. The van der Waals surface area contributed by atoms with Crippen LogP contribution in [0.4, 0.5) is 4.39 Å². The zero-order chi connectivity index (χ0) is 11.3. The second-order valence-corrected chi connectivity index (χ2v) is 3.28. The minimum atomic E-state index is -0.453. The molecule has 1 N–H and O–H groups in total. The number of hydrogen-bond donors (Lipinski definition) is 1. The van der Waals surface area contributed by atoms with E-state index in [0.717, 1.165) is 12.0 Å². The molecule has 2 nitrogen and oxygen atoms in total. The van der Waals surface area contributed by atoms with Crippen LogP contribution in [0.5, 0.6) is 5.75 Å². The molecule has 0 heterocycles. The molecule has 82 valence electrons. The maximum Gasteiger partial charge on any atom is 0.165 e. The third-order valence-electron chi connectivity index (χ3n) is 2.14. The van der Waals surface area contributed by atoms with Crippen molar-refractivity contribution >= 4 is 0 Å². The van der Waals surface area contributed by atoms with Crippen LogP contribution < -0.4 is 4.74 Å². The van der Waals surface area contributed by atoms with Gasteiger partial charge in [-0.2, -0.15) is 0 Å². The Labute approximate surface area is 89.0 Å². The van der Waals surface area contributed by atoms with E-state index in [1.165, 1.54) is 6.07 Å². The van der Waals surface area contributed by atoms with Gasteiger partial charge < -0.3 is 9.84 Å². The summed E-state index contributed by atoms with van der Waals surface area (Å²) in [6.45, 7) is 5.77. The molecule has 15 heavy (non-hydrogen) atoms. The number of halogens is 1. The summed E-state index contributed by atoms with van der Waals surface area (Å²) in [5, 5.41) is 9.00. The Morgan fingerprint density at radius 3 is 2.87 bits per heavy atom. The molecule has 0 aliphatic heterocycles. The Hall–Kier alpha value is -1.35. The average molecular weight is 210 g/mol. The van der Waals surface area contributed by atoms with Gasteiger partial charge in [0.15, 0.2) is 11.6 Å². The lowest BCUT2D eigenvalue weighted by Crippen LogP contribution is -2.04. The van der Waals surface area contributed by atoms with Crippen LogP contribution in [0.2, 0.25) is 0 Å². The Morgan fingerprint density at radius 1 is 1.53 bits per heavy atom. The predicted octanol–water partition coefficient (Wildman–Crippen LogP) is 2.66. The van der Waals surface area contributed by atoms with Gasteiger partial charge in [-0.15, -0.1) is 0 Å². The molecule has 0 fully saturated rings. The highest BCUT2D eigenvalue weighted by Crippen LogP contribution is 2.23. The van der Waals surface area contributed by atoms with Gasteiger partial charge in [-0.1, -0.05) is 25.6 Å². The minimum absolute atomic E-state index is 0.120. The van der Waals surface area contributed by atoms with E-state index < -0.39 is 5.82 Å². The lowest BCUT2D eigenvalue weighted by atomic mass is 10.2. The summed E-state index contributed by atoms with van der Waals surface area (Å²) in [5.74, 6) is -0.333. The first-order valence-corrected chi connectivity index (χ1v) is 4.86. The number of aliphatic hydroxyl groups is 1. The molecule has 1 rings (SSSR count). The fourth-order valence-corrected chi connectivity index (χ4v) is 1.12. The molecule has 3 heteroatoms. The number of benzene rings is 1. The molecule has 0 aliphatic carbocycles. The van der Waals surface area contributed by atoms with E-state index in [1.807, 2.05) is 6.92 Å². The molecule has 0 saturated carbocycles. The van der Waals surface area contributed by atoms with Crippen LogP contribution >= 0.6 is 0 Å².